The number of rotatable bonds is 2. The number of hydrogen-bond acceptors (Lipinski definition) is 3. The molecule has 0 aromatic heterocycles. The van der Waals surface area contributed by atoms with E-state index < -0.39 is 0 Å². The quantitative estimate of drug-likeness (QED) is 0.647. The number of halogens is 1. The first-order valence-electron chi connectivity index (χ1n) is 5.92. The fourth-order valence-corrected chi connectivity index (χ4v) is 4.50. The van der Waals surface area contributed by atoms with Crippen LogP contribution in [0.4, 0.5) is 0 Å². The molecule has 2 aliphatic rings. The zero-order chi connectivity index (χ0) is 11.8. The van der Waals surface area contributed by atoms with Crippen LogP contribution in [0.15, 0.2) is 34.3 Å². The molecule has 2 aliphatic carbocycles. The second kappa shape index (κ2) is 4.54. The first-order chi connectivity index (χ1) is 8.28. The number of benzene rings is 1. The van der Waals surface area contributed by atoms with Gasteiger partial charge in [0, 0.05) is 15.8 Å². The molecule has 2 bridgehead atoms. The third-order valence-corrected chi connectivity index (χ3v) is 5.48. The summed E-state index contributed by atoms with van der Waals surface area (Å²) < 4.78 is 0. The summed E-state index contributed by atoms with van der Waals surface area (Å²) >= 11 is 7.68. The van der Waals surface area contributed by atoms with Gasteiger partial charge in [0.15, 0.2) is 0 Å². The maximum atomic E-state index is 9.13. The van der Waals surface area contributed by atoms with Crippen LogP contribution >= 0.6 is 23.4 Å². The molecule has 2 saturated carbocycles. The summed E-state index contributed by atoms with van der Waals surface area (Å²) in [6.07, 6.45) is 3.67. The van der Waals surface area contributed by atoms with Gasteiger partial charge < -0.3 is 5.21 Å². The van der Waals surface area contributed by atoms with Crippen molar-refractivity contribution in [2.45, 2.75) is 29.4 Å². The molecule has 17 heavy (non-hydrogen) atoms. The van der Waals surface area contributed by atoms with Crippen LogP contribution in [0.1, 0.15) is 19.3 Å². The molecule has 0 radical (unpaired) electrons. The Hall–Kier alpha value is -0.670. The average Bonchev–Trinajstić information content (AvgIpc) is 2.92. The second-order valence-corrected chi connectivity index (χ2v) is 6.44. The molecular weight excluding hydrogens is 254 g/mol. The molecule has 3 atom stereocenters. The van der Waals surface area contributed by atoms with Gasteiger partial charge in [-0.2, -0.15) is 0 Å². The topological polar surface area (TPSA) is 32.6 Å². The molecule has 1 N–H and O–H groups in total. The molecule has 2 nitrogen and oxygen atoms in total. The number of fused-ring (bicyclic) bond motifs is 2. The molecule has 0 heterocycles. The van der Waals surface area contributed by atoms with Gasteiger partial charge in [-0.3, -0.25) is 0 Å². The van der Waals surface area contributed by atoms with Crippen molar-refractivity contribution in [3.63, 3.8) is 0 Å². The molecule has 0 aliphatic heterocycles. The fourth-order valence-electron chi connectivity index (χ4n) is 2.99. The van der Waals surface area contributed by atoms with Gasteiger partial charge in [-0.1, -0.05) is 16.8 Å². The summed E-state index contributed by atoms with van der Waals surface area (Å²) in [6.45, 7) is 0. The smallest absolute Gasteiger partial charge is 0.0737 e. The van der Waals surface area contributed by atoms with Crippen molar-refractivity contribution in [3.05, 3.63) is 29.3 Å². The van der Waals surface area contributed by atoms with E-state index in [2.05, 4.69) is 5.16 Å². The minimum atomic E-state index is 0.361. The van der Waals surface area contributed by atoms with E-state index in [0.29, 0.717) is 17.1 Å². The maximum Gasteiger partial charge on any atom is 0.0737 e. The SMILES string of the molecule is O/N=C1/C2CCC(C2)C1Sc1ccc(Cl)cc1. The van der Waals surface area contributed by atoms with E-state index in [0.717, 1.165) is 10.7 Å². The Morgan fingerprint density at radius 1 is 1.24 bits per heavy atom. The highest BCUT2D eigenvalue weighted by atomic mass is 35.5. The van der Waals surface area contributed by atoms with Crippen LogP contribution in [-0.4, -0.2) is 16.2 Å². The van der Waals surface area contributed by atoms with Gasteiger partial charge in [0.1, 0.15) is 0 Å². The summed E-state index contributed by atoms with van der Waals surface area (Å²) in [5.74, 6) is 1.21. The van der Waals surface area contributed by atoms with Crippen molar-refractivity contribution >= 4 is 29.1 Å². The monoisotopic (exact) mass is 267 g/mol. The lowest BCUT2D eigenvalue weighted by Gasteiger charge is -2.22. The number of oxime groups is 1. The van der Waals surface area contributed by atoms with Crippen LogP contribution in [0, 0.1) is 11.8 Å². The van der Waals surface area contributed by atoms with Gasteiger partial charge in [-0.05, 0) is 49.4 Å². The Bertz CT molecular complexity index is 445. The molecule has 0 spiro atoms. The zero-order valence-electron chi connectivity index (χ0n) is 9.34. The predicted octanol–water partition coefficient (Wildman–Crippen LogP) is 4.06. The van der Waals surface area contributed by atoms with E-state index in [-0.39, 0.29) is 0 Å². The fraction of sp³-hybridized carbons (Fsp3) is 0.462. The summed E-state index contributed by atoms with van der Waals surface area (Å²) in [6, 6.07) is 7.89. The molecule has 90 valence electrons. The Balaban J connectivity index is 1.79. The Labute approximate surface area is 110 Å². The minimum absolute atomic E-state index is 0.361. The standard InChI is InChI=1S/C13H14ClNOS/c14-10-3-5-11(6-4-10)17-13-9-2-1-8(7-9)12(13)15-16/h3-6,8-9,13,16H,1-2,7H2/b15-12-. The third kappa shape index (κ3) is 2.06. The van der Waals surface area contributed by atoms with Crippen LogP contribution < -0.4 is 0 Å². The Kier molecular flexibility index (Phi) is 3.05. The second-order valence-electron chi connectivity index (χ2n) is 4.79. The van der Waals surface area contributed by atoms with Crippen LogP contribution in [0.3, 0.4) is 0 Å². The lowest BCUT2D eigenvalue weighted by Crippen LogP contribution is -2.24. The van der Waals surface area contributed by atoms with Crippen molar-refractivity contribution in [2.24, 2.45) is 17.0 Å². The lowest BCUT2D eigenvalue weighted by atomic mass is 9.98. The van der Waals surface area contributed by atoms with Crippen LogP contribution in [0.2, 0.25) is 5.02 Å². The van der Waals surface area contributed by atoms with Crippen molar-refractivity contribution in [3.8, 4) is 0 Å². The van der Waals surface area contributed by atoms with E-state index in [1.807, 2.05) is 24.3 Å². The van der Waals surface area contributed by atoms with Gasteiger partial charge in [0.2, 0.25) is 0 Å². The normalized spacial score (nSPS) is 33.5. The van der Waals surface area contributed by atoms with Crippen molar-refractivity contribution in [1.29, 1.82) is 0 Å². The Morgan fingerprint density at radius 3 is 2.71 bits per heavy atom. The first-order valence-corrected chi connectivity index (χ1v) is 7.18. The van der Waals surface area contributed by atoms with Crippen molar-refractivity contribution in [1.82, 2.24) is 0 Å². The molecule has 3 unspecified atom stereocenters. The molecule has 0 saturated heterocycles. The number of hydrogen-bond donors (Lipinski definition) is 1. The molecule has 1 aromatic rings. The van der Waals surface area contributed by atoms with Crippen LogP contribution in [0.5, 0.6) is 0 Å². The van der Waals surface area contributed by atoms with Gasteiger partial charge in [0.25, 0.3) is 0 Å². The predicted molar refractivity (Wildman–Crippen MR) is 71.1 cm³/mol. The number of thioether (sulfide) groups is 1. The number of nitrogens with zero attached hydrogens (tertiary/aromatic N) is 1. The zero-order valence-corrected chi connectivity index (χ0v) is 10.9. The van der Waals surface area contributed by atoms with Crippen LogP contribution in [-0.2, 0) is 0 Å². The van der Waals surface area contributed by atoms with E-state index in [9.17, 15) is 0 Å². The molecular formula is C13H14ClNOS. The summed E-state index contributed by atoms with van der Waals surface area (Å²) in [5.41, 5.74) is 1.00. The summed E-state index contributed by atoms with van der Waals surface area (Å²) in [5, 5.41) is 13.8. The third-order valence-electron chi connectivity index (χ3n) is 3.80. The van der Waals surface area contributed by atoms with E-state index >= 15 is 0 Å². The van der Waals surface area contributed by atoms with E-state index in [1.165, 1.54) is 24.2 Å². The van der Waals surface area contributed by atoms with E-state index in [4.69, 9.17) is 16.8 Å². The van der Waals surface area contributed by atoms with Gasteiger partial charge in [-0.25, -0.2) is 0 Å². The minimum Gasteiger partial charge on any atom is -0.411 e. The van der Waals surface area contributed by atoms with Crippen LogP contribution in [0.25, 0.3) is 0 Å². The van der Waals surface area contributed by atoms with Gasteiger partial charge in [0.05, 0.1) is 11.0 Å². The highest BCUT2D eigenvalue weighted by Gasteiger charge is 2.45. The molecule has 4 heteroatoms. The van der Waals surface area contributed by atoms with Crippen molar-refractivity contribution in [2.75, 3.05) is 0 Å². The first kappa shape index (κ1) is 11.4. The van der Waals surface area contributed by atoms with Gasteiger partial charge >= 0.3 is 0 Å². The van der Waals surface area contributed by atoms with Gasteiger partial charge in [-0.15, -0.1) is 11.8 Å². The molecule has 2 fully saturated rings. The molecule has 0 amide bonds. The Morgan fingerprint density at radius 2 is 2.00 bits per heavy atom. The lowest BCUT2D eigenvalue weighted by molar-refractivity contribution is 0.314. The van der Waals surface area contributed by atoms with E-state index in [1.54, 1.807) is 11.8 Å². The molecule has 1 aromatic carbocycles. The summed E-state index contributed by atoms with van der Waals surface area (Å²) in [4.78, 5) is 1.20. The molecule has 3 rings (SSSR count). The van der Waals surface area contributed by atoms with Crippen molar-refractivity contribution < 1.29 is 5.21 Å². The summed E-state index contributed by atoms with van der Waals surface area (Å²) in [7, 11) is 0. The average molecular weight is 268 g/mol. The maximum absolute atomic E-state index is 9.13. The highest BCUT2D eigenvalue weighted by Crippen LogP contribution is 2.49. The largest absolute Gasteiger partial charge is 0.411 e. The highest BCUT2D eigenvalue weighted by molar-refractivity contribution is 8.00.